The lowest BCUT2D eigenvalue weighted by molar-refractivity contribution is 0.483. The van der Waals surface area contributed by atoms with Gasteiger partial charge in [-0.2, -0.15) is 38.3 Å². The molecule has 0 aliphatic rings. The van der Waals surface area contributed by atoms with E-state index in [0.29, 0.717) is 23.5 Å². The standard InChI is InChI=1S/C34H32N12O3S/c1-35-29-41-31(37-24-9-5-3-6-10-24)45-33(43-29)39-26-18-14-22(15-19-26)13-16-23-17-20-27(21-28(23)50(47,48)49)40-34-44-30(36-2)42-32(46-34)38-25-11-7-4-8-12-25/h3-21H,1-2H3,(H,47,48,49)(H3,35,37,39,41,43,45)(H3,36,38,40,42,44,46)/b16-13+. The van der Waals surface area contributed by atoms with E-state index >= 15 is 0 Å². The van der Waals surface area contributed by atoms with Crippen LogP contribution in [0.4, 0.5) is 58.4 Å². The van der Waals surface area contributed by atoms with Crippen molar-refractivity contribution in [2.75, 3.05) is 46.0 Å². The molecule has 16 heteroatoms. The van der Waals surface area contributed by atoms with Crippen molar-refractivity contribution in [1.82, 2.24) is 29.9 Å². The predicted molar refractivity (Wildman–Crippen MR) is 196 cm³/mol. The van der Waals surface area contributed by atoms with Gasteiger partial charge in [0.25, 0.3) is 10.1 Å². The summed E-state index contributed by atoms with van der Waals surface area (Å²) in [5.41, 5.74) is 3.73. The Hall–Kier alpha value is -6.65. The zero-order valence-electron chi connectivity index (χ0n) is 26.8. The molecule has 50 heavy (non-hydrogen) atoms. The highest BCUT2D eigenvalue weighted by atomic mass is 32.2. The van der Waals surface area contributed by atoms with Crippen molar-refractivity contribution >= 4 is 80.7 Å². The quantitative estimate of drug-likeness (QED) is 0.0509. The maximum atomic E-state index is 12.4. The van der Waals surface area contributed by atoms with Crippen LogP contribution in [0.3, 0.4) is 0 Å². The summed E-state index contributed by atoms with van der Waals surface area (Å²) in [6, 6.07) is 30.8. The summed E-state index contributed by atoms with van der Waals surface area (Å²) in [5.74, 6) is 1.81. The minimum Gasteiger partial charge on any atom is -0.357 e. The molecule has 0 aliphatic heterocycles. The van der Waals surface area contributed by atoms with Crippen LogP contribution in [0.2, 0.25) is 0 Å². The third kappa shape index (κ3) is 8.82. The van der Waals surface area contributed by atoms with Gasteiger partial charge in [0.15, 0.2) is 0 Å². The highest BCUT2D eigenvalue weighted by Crippen LogP contribution is 2.26. The summed E-state index contributed by atoms with van der Waals surface area (Å²) in [4.78, 5) is 25.9. The molecule has 0 bridgehead atoms. The van der Waals surface area contributed by atoms with Crippen LogP contribution in [0, 0.1) is 0 Å². The van der Waals surface area contributed by atoms with Gasteiger partial charge in [-0.05, 0) is 59.7 Å². The van der Waals surface area contributed by atoms with Gasteiger partial charge in [-0.3, -0.25) is 4.55 Å². The molecule has 252 valence electrons. The van der Waals surface area contributed by atoms with Crippen molar-refractivity contribution < 1.29 is 13.0 Å². The SMILES string of the molecule is CNc1nc(Nc2ccccc2)nc(Nc2ccc(/C=C/c3ccc(Nc4nc(NC)nc(Nc5ccccc5)n4)cc3S(=O)(=O)O)cc2)n1. The maximum Gasteiger partial charge on any atom is 0.295 e. The number of rotatable bonds is 13. The van der Waals surface area contributed by atoms with Gasteiger partial charge in [0.1, 0.15) is 4.90 Å². The average Bonchev–Trinajstić information content (AvgIpc) is 3.12. The van der Waals surface area contributed by atoms with Gasteiger partial charge in [0, 0.05) is 36.8 Å². The van der Waals surface area contributed by atoms with Crippen LogP contribution >= 0.6 is 0 Å². The lowest BCUT2D eigenvalue weighted by atomic mass is 10.1. The molecule has 0 amide bonds. The van der Waals surface area contributed by atoms with Gasteiger partial charge in [-0.1, -0.05) is 66.7 Å². The van der Waals surface area contributed by atoms with Gasteiger partial charge in [0.05, 0.1) is 0 Å². The number of benzene rings is 4. The molecule has 0 atom stereocenters. The van der Waals surface area contributed by atoms with Gasteiger partial charge in [-0.15, -0.1) is 0 Å². The largest absolute Gasteiger partial charge is 0.357 e. The summed E-state index contributed by atoms with van der Waals surface area (Å²) in [6.45, 7) is 0. The molecule has 15 nitrogen and oxygen atoms in total. The average molecular weight is 689 g/mol. The van der Waals surface area contributed by atoms with Gasteiger partial charge >= 0.3 is 0 Å². The fraction of sp³-hybridized carbons (Fsp3) is 0.0588. The van der Waals surface area contributed by atoms with Crippen molar-refractivity contribution in [3.8, 4) is 0 Å². The number of nitrogens with zero attached hydrogens (tertiary/aromatic N) is 6. The number of aromatic nitrogens is 6. The zero-order valence-corrected chi connectivity index (χ0v) is 27.6. The fourth-order valence-electron chi connectivity index (χ4n) is 4.60. The van der Waals surface area contributed by atoms with E-state index in [2.05, 4.69) is 61.8 Å². The molecule has 0 fully saturated rings. The highest BCUT2D eigenvalue weighted by Gasteiger charge is 2.16. The van der Waals surface area contributed by atoms with E-state index in [9.17, 15) is 13.0 Å². The van der Waals surface area contributed by atoms with E-state index in [4.69, 9.17) is 0 Å². The van der Waals surface area contributed by atoms with Crippen LogP contribution in [-0.2, 0) is 10.1 Å². The second kappa shape index (κ2) is 15.1. The van der Waals surface area contributed by atoms with Crippen LogP contribution in [0.5, 0.6) is 0 Å². The minimum absolute atomic E-state index is 0.157. The zero-order chi connectivity index (χ0) is 34.9. The third-order valence-electron chi connectivity index (χ3n) is 6.95. The Morgan fingerprint density at radius 1 is 0.500 bits per heavy atom. The van der Waals surface area contributed by atoms with E-state index in [-0.39, 0.29) is 28.3 Å². The predicted octanol–water partition coefficient (Wildman–Crippen LogP) is 6.53. The smallest absolute Gasteiger partial charge is 0.295 e. The van der Waals surface area contributed by atoms with Gasteiger partial charge < -0.3 is 31.9 Å². The summed E-state index contributed by atoms with van der Waals surface area (Å²) in [6.07, 6.45) is 3.34. The summed E-state index contributed by atoms with van der Waals surface area (Å²) < 4.78 is 34.9. The Morgan fingerprint density at radius 3 is 1.34 bits per heavy atom. The topological polar surface area (TPSA) is 204 Å². The molecule has 2 heterocycles. The molecule has 4 aromatic carbocycles. The first-order chi connectivity index (χ1) is 24.2. The van der Waals surface area contributed by atoms with Crippen molar-refractivity contribution in [3.63, 3.8) is 0 Å². The van der Waals surface area contributed by atoms with Crippen molar-refractivity contribution in [2.45, 2.75) is 4.90 Å². The molecular weight excluding hydrogens is 657 g/mol. The summed E-state index contributed by atoms with van der Waals surface area (Å²) in [5, 5.41) is 18.3. The molecule has 0 radical (unpaired) electrons. The Balaban J connectivity index is 1.17. The second-order valence-electron chi connectivity index (χ2n) is 10.5. The Bertz CT molecular complexity index is 2220. The minimum atomic E-state index is -4.59. The molecule has 0 saturated carbocycles. The molecule has 0 unspecified atom stereocenters. The van der Waals surface area contributed by atoms with E-state index in [1.807, 2.05) is 84.9 Å². The van der Waals surface area contributed by atoms with Crippen LogP contribution < -0.4 is 31.9 Å². The molecule has 2 aromatic heterocycles. The van der Waals surface area contributed by atoms with Crippen LogP contribution in [-0.4, -0.2) is 57.0 Å². The first kappa shape index (κ1) is 33.3. The first-order valence-corrected chi connectivity index (χ1v) is 16.6. The fourth-order valence-corrected chi connectivity index (χ4v) is 5.31. The van der Waals surface area contributed by atoms with Crippen LogP contribution in [0.1, 0.15) is 11.1 Å². The molecule has 6 aromatic rings. The van der Waals surface area contributed by atoms with Gasteiger partial charge in [-0.25, -0.2) is 0 Å². The molecule has 0 saturated heterocycles. The lowest BCUT2D eigenvalue weighted by Crippen LogP contribution is -2.08. The second-order valence-corrected chi connectivity index (χ2v) is 11.9. The Labute approximate surface area is 288 Å². The first-order valence-electron chi connectivity index (χ1n) is 15.2. The van der Waals surface area contributed by atoms with E-state index in [0.717, 1.165) is 22.6 Å². The number of hydrogen-bond donors (Lipinski definition) is 7. The van der Waals surface area contributed by atoms with E-state index < -0.39 is 10.1 Å². The van der Waals surface area contributed by atoms with Crippen molar-refractivity contribution in [3.05, 3.63) is 114 Å². The molecule has 0 aliphatic carbocycles. The van der Waals surface area contributed by atoms with Crippen molar-refractivity contribution in [1.29, 1.82) is 0 Å². The van der Waals surface area contributed by atoms with E-state index in [1.54, 1.807) is 38.4 Å². The van der Waals surface area contributed by atoms with Crippen molar-refractivity contribution in [2.24, 2.45) is 0 Å². The monoisotopic (exact) mass is 688 g/mol. The van der Waals surface area contributed by atoms with Crippen LogP contribution in [0.25, 0.3) is 12.2 Å². The number of anilines is 10. The third-order valence-corrected chi connectivity index (χ3v) is 7.86. The number of nitrogens with one attached hydrogen (secondary N) is 6. The summed E-state index contributed by atoms with van der Waals surface area (Å²) >= 11 is 0. The molecule has 6 rings (SSSR count). The Morgan fingerprint density at radius 2 is 0.900 bits per heavy atom. The lowest BCUT2D eigenvalue weighted by Gasteiger charge is -2.11. The number of para-hydroxylation sites is 2. The van der Waals surface area contributed by atoms with Gasteiger partial charge in [0.2, 0.25) is 35.7 Å². The Kier molecular flexibility index (Phi) is 10.0. The normalized spacial score (nSPS) is 11.2. The maximum absolute atomic E-state index is 12.4. The van der Waals surface area contributed by atoms with E-state index in [1.165, 1.54) is 6.07 Å². The molecule has 0 spiro atoms. The number of hydrogen-bond acceptors (Lipinski definition) is 14. The molecule has 7 N–H and O–H groups in total. The molecular formula is C34H32N12O3S. The van der Waals surface area contributed by atoms with Crippen LogP contribution in [0.15, 0.2) is 108 Å². The highest BCUT2D eigenvalue weighted by molar-refractivity contribution is 7.86. The summed E-state index contributed by atoms with van der Waals surface area (Å²) in [7, 11) is -1.20.